The Bertz CT molecular complexity index is 1360. The van der Waals surface area contributed by atoms with Gasteiger partial charge in [0, 0.05) is 16.3 Å². The molecule has 8 heteroatoms. The molecule has 0 fully saturated rings. The van der Waals surface area contributed by atoms with Gasteiger partial charge in [-0.25, -0.2) is 5.43 Å². The molecule has 4 aromatic rings. The molecule has 0 aliphatic rings. The topological polar surface area (TPSA) is 72.2 Å². The van der Waals surface area contributed by atoms with E-state index in [1.54, 1.807) is 18.3 Å². The second kappa shape index (κ2) is 11.1. The van der Waals surface area contributed by atoms with Crippen LogP contribution in [0.4, 0.5) is 0 Å². The van der Waals surface area contributed by atoms with Crippen LogP contribution < -0.4 is 5.43 Å². The third-order valence-corrected chi connectivity index (χ3v) is 6.72. The summed E-state index contributed by atoms with van der Waals surface area (Å²) in [5.74, 6) is 0.632. The number of aromatic nitrogens is 3. The van der Waals surface area contributed by atoms with Crippen LogP contribution in [-0.4, -0.2) is 32.6 Å². The number of halogens is 1. The first kappa shape index (κ1) is 25.7. The quantitative estimate of drug-likeness (QED) is 0.174. The van der Waals surface area contributed by atoms with Gasteiger partial charge in [-0.15, -0.1) is 10.2 Å². The van der Waals surface area contributed by atoms with Gasteiger partial charge in [-0.1, -0.05) is 98.2 Å². The maximum atomic E-state index is 12.4. The molecule has 0 spiro atoms. The number of rotatable bonds is 7. The maximum absolute atomic E-state index is 12.4. The zero-order chi connectivity index (χ0) is 25.7. The number of aryl methyl sites for hydroxylation is 1. The molecule has 0 saturated heterocycles. The Morgan fingerprint density at radius 1 is 1.00 bits per heavy atom. The highest BCUT2D eigenvalue weighted by Crippen LogP contribution is 2.30. The van der Waals surface area contributed by atoms with E-state index in [-0.39, 0.29) is 17.1 Å². The van der Waals surface area contributed by atoms with Crippen LogP contribution in [0.1, 0.15) is 37.5 Å². The Kier molecular flexibility index (Phi) is 7.91. The minimum absolute atomic E-state index is 0.0631. The summed E-state index contributed by atoms with van der Waals surface area (Å²) in [6, 6.07) is 23.8. The van der Waals surface area contributed by atoms with Gasteiger partial charge >= 0.3 is 0 Å². The molecular formula is C28H28ClN5OS. The van der Waals surface area contributed by atoms with Gasteiger partial charge in [-0.2, -0.15) is 5.10 Å². The van der Waals surface area contributed by atoms with Gasteiger partial charge in [0.25, 0.3) is 5.91 Å². The number of carbonyl (C=O) groups excluding carboxylic acids is 1. The van der Waals surface area contributed by atoms with Crippen molar-refractivity contribution in [1.82, 2.24) is 20.2 Å². The highest BCUT2D eigenvalue weighted by atomic mass is 35.5. The number of hydrazone groups is 1. The molecule has 3 aromatic carbocycles. The fraction of sp³-hybridized carbons (Fsp3) is 0.214. The van der Waals surface area contributed by atoms with E-state index in [2.05, 4.69) is 77.9 Å². The number of hydrogen-bond donors (Lipinski definition) is 1. The molecule has 184 valence electrons. The van der Waals surface area contributed by atoms with Crippen LogP contribution in [-0.2, 0) is 10.2 Å². The summed E-state index contributed by atoms with van der Waals surface area (Å²) in [4.78, 5) is 12.4. The molecule has 0 unspecified atom stereocenters. The van der Waals surface area contributed by atoms with Gasteiger partial charge in [0.05, 0.1) is 12.0 Å². The molecular weight excluding hydrogens is 490 g/mol. The van der Waals surface area contributed by atoms with Gasteiger partial charge in [0.2, 0.25) is 0 Å². The fourth-order valence-electron chi connectivity index (χ4n) is 3.49. The van der Waals surface area contributed by atoms with E-state index < -0.39 is 0 Å². The monoisotopic (exact) mass is 517 g/mol. The van der Waals surface area contributed by atoms with Gasteiger partial charge in [-0.3, -0.25) is 9.36 Å². The summed E-state index contributed by atoms with van der Waals surface area (Å²) in [7, 11) is 0. The Labute approximate surface area is 220 Å². The lowest BCUT2D eigenvalue weighted by atomic mass is 9.87. The number of hydrogen-bond acceptors (Lipinski definition) is 5. The third kappa shape index (κ3) is 6.42. The molecule has 6 nitrogen and oxygen atoms in total. The van der Waals surface area contributed by atoms with Crippen LogP contribution in [0.3, 0.4) is 0 Å². The molecule has 1 heterocycles. The van der Waals surface area contributed by atoms with Crippen molar-refractivity contribution < 1.29 is 4.79 Å². The van der Waals surface area contributed by atoms with Gasteiger partial charge < -0.3 is 0 Å². The SMILES string of the molecule is Cc1ccc(-n2c(SCC(=O)N/N=C\c3ccc(Cl)cc3)nnc2-c2ccc(C(C)(C)C)cc2)cc1. The summed E-state index contributed by atoms with van der Waals surface area (Å²) in [5.41, 5.74) is 7.77. The highest BCUT2D eigenvalue weighted by molar-refractivity contribution is 7.99. The normalized spacial score (nSPS) is 11.7. The molecule has 0 saturated carbocycles. The van der Waals surface area contributed by atoms with Crippen molar-refractivity contribution in [3.05, 3.63) is 94.5 Å². The van der Waals surface area contributed by atoms with E-state index in [1.165, 1.54) is 17.3 Å². The van der Waals surface area contributed by atoms with Crippen LogP contribution in [0, 0.1) is 6.92 Å². The Balaban J connectivity index is 1.53. The maximum Gasteiger partial charge on any atom is 0.250 e. The predicted molar refractivity (Wildman–Crippen MR) is 148 cm³/mol. The molecule has 0 radical (unpaired) electrons. The highest BCUT2D eigenvalue weighted by Gasteiger charge is 2.19. The molecule has 0 aliphatic heterocycles. The fourth-order valence-corrected chi connectivity index (χ4v) is 4.36. The van der Waals surface area contributed by atoms with Crippen molar-refractivity contribution in [1.29, 1.82) is 0 Å². The van der Waals surface area contributed by atoms with Crippen LogP contribution in [0.2, 0.25) is 5.02 Å². The number of carbonyl (C=O) groups is 1. The molecule has 4 rings (SSSR count). The molecule has 0 aliphatic carbocycles. The summed E-state index contributed by atoms with van der Waals surface area (Å²) in [6.07, 6.45) is 1.58. The molecule has 1 aromatic heterocycles. The van der Waals surface area contributed by atoms with Crippen molar-refractivity contribution in [3.63, 3.8) is 0 Å². The lowest BCUT2D eigenvalue weighted by molar-refractivity contribution is -0.118. The lowest BCUT2D eigenvalue weighted by Crippen LogP contribution is -2.20. The first-order valence-corrected chi connectivity index (χ1v) is 12.9. The van der Waals surface area contributed by atoms with E-state index >= 15 is 0 Å². The number of nitrogens with zero attached hydrogens (tertiary/aromatic N) is 4. The van der Waals surface area contributed by atoms with E-state index in [9.17, 15) is 4.79 Å². The van der Waals surface area contributed by atoms with Crippen LogP contribution in [0.5, 0.6) is 0 Å². The zero-order valence-electron chi connectivity index (χ0n) is 20.7. The second-order valence-corrected chi connectivity index (χ2v) is 10.8. The zero-order valence-corrected chi connectivity index (χ0v) is 22.3. The van der Waals surface area contributed by atoms with Crippen LogP contribution >= 0.6 is 23.4 Å². The van der Waals surface area contributed by atoms with Crippen molar-refractivity contribution in [2.75, 3.05) is 5.75 Å². The van der Waals surface area contributed by atoms with Crippen LogP contribution in [0.25, 0.3) is 17.1 Å². The average molecular weight is 518 g/mol. The molecule has 0 atom stereocenters. The second-order valence-electron chi connectivity index (χ2n) is 9.44. The minimum atomic E-state index is -0.236. The van der Waals surface area contributed by atoms with Crippen molar-refractivity contribution in [2.24, 2.45) is 5.10 Å². The lowest BCUT2D eigenvalue weighted by Gasteiger charge is -2.19. The van der Waals surface area contributed by atoms with Crippen molar-refractivity contribution in [3.8, 4) is 17.1 Å². The Hall–Kier alpha value is -3.42. The third-order valence-electron chi connectivity index (χ3n) is 5.54. The van der Waals surface area contributed by atoms with E-state index in [0.717, 1.165) is 28.2 Å². The van der Waals surface area contributed by atoms with Gasteiger partial charge in [0.1, 0.15) is 0 Å². The Morgan fingerprint density at radius 3 is 2.31 bits per heavy atom. The summed E-state index contributed by atoms with van der Waals surface area (Å²) >= 11 is 7.21. The number of benzene rings is 3. The van der Waals surface area contributed by atoms with Crippen molar-refractivity contribution >= 4 is 35.5 Å². The first-order valence-electron chi connectivity index (χ1n) is 11.5. The van der Waals surface area contributed by atoms with Crippen molar-refractivity contribution in [2.45, 2.75) is 38.3 Å². The summed E-state index contributed by atoms with van der Waals surface area (Å²) in [6.45, 7) is 8.62. The minimum Gasteiger partial charge on any atom is -0.272 e. The summed E-state index contributed by atoms with van der Waals surface area (Å²) in [5, 5.41) is 14.2. The number of thioether (sulfide) groups is 1. The van der Waals surface area contributed by atoms with E-state index in [0.29, 0.717) is 10.2 Å². The Morgan fingerprint density at radius 2 is 1.67 bits per heavy atom. The molecule has 1 amide bonds. The van der Waals surface area contributed by atoms with Gasteiger partial charge in [-0.05, 0) is 47.7 Å². The largest absolute Gasteiger partial charge is 0.272 e. The standard InChI is InChI=1S/C28H28ClN5OS/c1-19-5-15-24(16-6-19)34-26(21-9-11-22(12-10-21)28(2,3)4)32-33-27(34)36-18-25(35)31-30-17-20-7-13-23(29)14-8-20/h5-17H,18H2,1-4H3,(H,31,35)/b30-17-. The number of nitrogens with one attached hydrogen (secondary N) is 1. The average Bonchev–Trinajstić information content (AvgIpc) is 3.28. The molecule has 0 bridgehead atoms. The molecule has 36 heavy (non-hydrogen) atoms. The van der Waals surface area contributed by atoms with Gasteiger partial charge in [0.15, 0.2) is 11.0 Å². The summed E-state index contributed by atoms with van der Waals surface area (Å²) < 4.78 is 1.99. The van der Waals surface area contributed by atoms with Crippen LogP contribution in [0.15, 0.2) is 83.1 Å². The predicted octanol–water partition coefficient (Wildman–Crippen LogP) is 6.44. The van der Waals surface area contributed by atoms with E-state index in [1.807, 2.05) is 35.8 Å². The van der Waals surface area contributed by atoms with E-state index in [4.69, 9.17) is 11.6 Å². The smallest absolute Gasteiger partial charge is 0.250 e. The number of amides is 1. The first-order chi connectivity index (χ1) is 17.2. The molecule has 1 N–H and O–H groups in total.